The van der Waals surface area contributed by atoms with Gasteiger partial charge in [0.1, 0.15) is 0 Å². The van der Waals surface area contributed by atoms with Crippen molar-refractivity contribution < 1.29 is 5.11 Å². The Balaban J connectivity index is 1.96. The largest absolute Gasteiger partial charge is 0.392 e. The molecule has 2 aliphatic heterocycles. The minimum Gasteiger partial charge on any atom is -0.392 e. The van der Waals surface area contributed by atoms with Crippen molar-refractivity contribution in [3.63, 3.8) is 0 Å². The molecule has 70 valence electrons. The average molecular weight is 170 g/mol. The second-order valence-corrected chi connectivity index (χ2v) is 4.09. The average Bonchev–Trinajstić information content (AvgIpc) is 2.30. The summed E-state index contributed by atoms with van der Waals surface area (Å²) in [6.07, 6.45) is 2.45. The molecule has 2 heterocycles. The van der Waals surface area contributed by atoms with Gasteiger partial charge in [0.2, 0.25) is 0 Å². The van der Waals surface area contributed by atoms with E-state index in [4.69, 9.17) is 0 Å². The van der Waals surface area contributed by atoms with Crippen LogP contribution in [0.3, 0.4) is 0 Å². The van der Waals surface area contributed by atoms with Gasteiger partial charge in [0.15, 0.2) is 0 Å². The maximum Gasteiger partial charge on any atom is 0.0639 e. The van der Waals surface area contributed by atoms with Crippen LogP contribution in [0.4, 0.5) is 0 Å². The van der Waals surface area contributed by atoms with Crippen LogP contribution in [-0.2, 0) is 0 Å². The number of aliphatic hydroxyl groups excluding tert-OH is 1. The summed E-state index contributed by atoms with van der Waals surface area (Å²) in [5.41, 5.74) is 0. The highest BCUT2D eigenvalue weighted by atomic mass is 16.3. The van der Waals surface area contributed by atoms with Crippen LogP contribution < -0.4 is 5.32 Å². The summed E-state index contributed by atoms with van der Waals surface area (Å²) in [5.74, 6) is 0. The van der Waals surface area contributed by atoms with Gasteiger partial charge in [0.25, 0.3) is 0 Å². The molecule has 0 amide bonds. The van der Waals surface area contributed by atoms with Gasteiger partial charge in [-0.2, -0.15) is 0 Å². The number of hydrogen-bond donors (Lipinski definition) is 2. The Morgan fingerprint density at radius 2 is 2.00 bits per heavy atom. The van der Waals surface area contributed by atoms with Crippen LogP contribution in [0.2, 0.25) is 0 Å². The van der Waals surface area contributed by atoms with E-state index in [1.54, 1.807) is 0 Å². The molecule has 0 aromatic rings. The van der Waals surface area contributed by atoms with Crippen molar-refractivity contribution in [1.82, 2.24) is 10.2 Å². The van der Waals surface area contributed by atoms with Crippen LogP contribution in [-0.4, -0.2) is 47.8 Å². The first-order valence-electron chi connectivity index (χ1n) is 4.92. The molecule has 3 atom stereocenters. The summed E-state index contributed by atoms with van der Waals surface area (Å²) < 4.78 is 0. The highest BCUT2D eigenvalue weighted by Gasteiger charge is 2.36. The molecule has 0 aromatic heterocycles. The highest BCUT2D eigenvalue weighted by molar-refractivity contribution is 4.94. The Bertz CT molecular complexity index is 145. The zero-order valence-corrected chi connectivity index (χ0v) is 7.66. The first-order chi connectivity index (χ1) is 5.77. The SMILES string of the molecule is C[C@H](O)CN1C2CCC1CNC2. The van der Waals surface area contributed by atoms with E-state index >= 15 is 0 Å². The second kappa shape index (κ2) is 3.32. The molecule has 0 radical (unpaired) electrons. The standard InChI is InChI=1S/C9H18N2O/c1-7(12)6-11-8-2-3-9(11)5-10-4-8/h7-10,12H,2-6H2,1H3/t7-,8?,9?/m0/s1. The lowest BCUT2D eigenvalue weighted by atomic mass is 10.2. The number of nitrogens with zero attached hydrogens (tertiary/aromatic N) is 1. The number of hydrogen-bond acceptors (Lipinski definition) is 3. The summed E-state index contributed by atoms with van der Waals surface area (Å²) >= 11 is 0. The van der Waals surface area contributed by atoms with Gasteiger partial charge in [0, 0.05) is 31.7 Å². The zero-order valence-electron chi connectivity index (χ0n) is 7.66. The molecule has 3 nitrogen and oxygen atoms in total. The van der Waals surface area contributed by atoms with E-state index in [2.05, 4.69) is 10.2 Å². The summed E-state index contributed by atoms with van der Waals surface area (Å²) in [5, 5.41) is 12.7. The van der Waals surface area contributed by atoms with Gasteiger partial charge in [-0.3, -0.25) is 4.90 Å². The fourth-order valence-corrected chi connectivity index (χ4v) is 2.47. The van der Waals surface area contributed by atoms with Crippen LogP contribution >= 0.6 is 0 Å². The fourth-order valence-electron chi connectivity index (χ4n) is 2.47. The van der Waals surface area contributed by atoms with Crippen molar-refractivity contribution in [3.8, 4) is 0 Å². The molecule has 2 saturated heterocycles. The molecule has 0 aromatic carbocycles. The van der Waals surface area contributed by atoms with Gasteiger partial charge in [-0.15, -0.1) is 0 Å². The maximum atomic E-state index is 9.31. The Hall–Kier alpha value is -0.120. The van der Waals surface area contributed by atoms with E-state index in [0.717, 1.165) is 19.6 Å². The van der Waals surface area contributed by atoms with Gasteiger partial charge >= 0.3 is 0 Å². The predicted octanol–water partition coefficient (Wildman–Crippen LogP) is -0.197. The van der Waals surface area contributed by atoms with E-state index in [1.807, 2.05) is 6.92 Å². The highest BCUT2D eigenvalue weighted by Crippen LogP contribution is 2.26. The summed E-state index contributed by atoms with van der Waals surface area (Å²) in [6, 6.07) is 1.39. The third-order valence-electron chi connectivity index (χ3n) is 3.01. The first kappa shape index (κ1) is 8.48. The molecular formula is C9H18N2O. The van der Waals surface area contributed by atoms with Crippen LogP contribution in [0.15, 0.2) is 0 Å². The molecule has 0 saturated carbocycles. The Labute approximate surface area is 73.8 Å². The maximum absolute atomic E-state index is 9.31. The van der Waals surface area contributed by atoms with E-state index in [-0.39, 0.29) is 6.10 Å². The normalized spacial score (nSPS) is 38.5. The van der Waals surface area contributed by atoms with Gasteiger partial charge in [-0.25, -0.2) is 0 Å². The second-order valence-electron chi connectivity index (χ2n) is 4.09. The smallest absolute Gasteiger partial charge is 0.0639 e. The number of aliphatic hydroxyl groups is 1. The minimum atomic E-state index is -0.175. The summed E-state index contributed by atoms with van der Waals surface area (Å²) in [7, 11) is 0. The molecule has 2 unspecified atom stereocenters. The van der Waals surface area contributed by atoms with Crippen molar-refractivity contribution in [1.29, 1.82) is 0 Å². The molecular weight excluding hydrogens is 152 g/mol. The van der Waals surface area contributed by atoms with Crippen molar-refractivity contribution >= 4 is 0 Å². The number of fused-ring (bicyclic) bond motifs is 2. The minimum absolute atomic E-state index is 0.175. The first-order valence-corrected chi connectivity index (χ1v) is 4.92. The van der Waals surface area contributed by atoms with Crippen LogP contribution in [0.25, 0.3) is 0 Å². The van der Waals surface area contributed by atoms with Crippen LogP contribution in [0.5, 0.6) is 0 Å². The summed E-state index contributed by atoms with van der Waals surface area (Å²) in [4.78, 5) is 2.47. The lowest BCUT2D eigenvalue weighted by Crippen LogP contribution is -2.53. The number of rotatable bonds is 2. The molecule has 2 rings (SSSR count). The fraction of sp³-hybridized carbons (Fsp3) is 1.00. The topological polar surface area (TPSA) is 35.5 Å². The van der Waals surface area contributed by atoms with Crippen LogP contribution in [0, 0.1) is 0 Å². The van der Waals surface area contributed by atoms with Crippen molar-refractivity contribution in [2.75, 3.05) is 19.6 Å². The third kappa shape index (κ3) is 1.49. The van der Waals surface area contributed by atoms with E-state index in [1.165, 1.54) is 12.8 Å². The van der Waals surface area contributed by atoms with Gasteiger partial charge in [-0.05, 0) is 19.8 Å². The molecule has 2 aliphatic rings. The number of piperazine rings is 1. The van der Waals surface area contributed by atoms with Gasteiger partial charge in [-0.1, -0.05) is 0 Å². The monoisotopic (exact) mass is 170 g/mol. The lowest BCUT2D eigenvalue weighted by molar-refractivity contribution is 0.0785. The number of nitrogens with one attached hydrogen (secondary N) is 1. The van der Waals surface area contributed by atoms with Crippen LogP contribution in [0.1, 0.15) is 19.8 Å². The van der Waals surface area contributed by atoms with E-state index in [0.29, 0.717) is 12.1 Å². The van der Waals surface area contributed by atoms with E-state index in [9.17, 15) is 5.11 Å². The quantitative estimate of drug-likeness (QED) is 0.602. The Kier molecular flexibility index (Phi) is 2.35. The van der Waals surface area contributed by atoms with Crippen molar-refractivity contribution in [2.45, 2.75) is 38.0 Å². The molecule has 0 aliphatic carbocycles. The molecule has 3 heteroatoms. The molecule has 2 fully saturated rings. The molecule has 2 N–H and O–H groups in total. The van der Waals surface area contributed by atoms with Gasteiger partial charge in [0.05, 0.1) is 6.10 Å². The summed E-state index contributed by atoms with van der Waals surface area (Å²) in [6.45, 7) is 4.96. The van der Waals surface area contributed by atoms with Crippen molar-refractivity contribution in [3.05, 3.63) is 0 Å². The predicted molar refractivity (Wildman–Crippen MR) is 48.1 cm³/mol. The Morgan fingerprint density at radius 3 is 2.50 bits per heavy atom. The van der Waals surface area contributed by atoms with Gasteiger partial charge < -0.3 is 10.4 Å². The Morgan fingerprint density at radius 1 is 1.42 bits per heavy atom. The van der Waals surface area contributed by atoms with E-state index < -0.39 is 0 Å². The molecule has 0 spiro atoms. The van der Waals surface area contributed by atoms with Crippen molar-refractivity contribution in [2.24, 2.45) is 0 Å². The molecule has 2 bridgehead atoms. The third-order valence-corrected chi connectivity index (χ3v) is 3.01. The lowest BCUT2D eigenvalue weighted by Gasteiger charge is -2.35. The molecule has 12 heavy (non-hydrogen) atoms. The zero-order chi connectivity index (χ0) is 8.55.